The molecule has 1 aromatic heterocycles. The van der Waals surface area contributed by atoms with Crippen LogP contribution in [0.15, 0.2) is 54.7 Å². The number of nitrogens with zero attached hydrogens (tertiary/aromatic N) is 1. The summed E-state index contributed by atoms with van der Waals surface area (Å²) in [6.07, 6.45) is 2.59. The van der Waals surface area contributed by atoms with Gasteiger partial charge in [-0.3, -0.25) is 9.78 Å². The number of benzene rings is 2. The van der Waals surface area contributed by atoms with Crippen LogP contribution in [0.2, 0.25) is 5.02 Å². The maximum absolute atomic E-state index is 11.5. The van der Waals surface area contributed by atoms with Gasteiger partial charge in [0.05, 0.1) is 16.7 Å². The van der Waals surface area contributed by atoms with Crippen molar-refractivity contribution in [2.24, 2.45) is 0 Å². The topological polar surface area (TPSA) is 39.2 Å². The number of hydrogen-bond acceptors (Lipinski definition) is 3. The Bertz CT molecular complexity index is 847. The van der Waals surface area contributed by atoms with E-state index in [0.29, 0.717) is 17.2 Å². The van der Waals surface area contributed by atoms with Gasteiger partial charge in [0, 0.05) is 11.8 Å². The van der Waals surface area contributed by atoms with E-state index in [1.54, 1.807) is 6.92 Å². The van der Waals surface area contributed by atoms with Crippen LogP contribution in [0.1, 0.15) is 24.5 Å². The lowest BCUT2D eigenvalue weighted by atomic mass is 10.0. The molecule has 0 aliphatic heterocycles. The Morgan fingerprint density at radius 2 is 1.91 bits per heavy atom. The summed E-state index contributed by atoms with van der Waals surface area (Å²) in [5.41, 5.74) is 3.13. The molecule has 4 heteroatoms. The Kier molecular flexibility index (Phi) is 4.58. The van der Waals surface area contributed by atoms with Crippen molar-refractivity contribution in [1.82, 2.24) is 4.98 Å². The predicted molar refractivity (Wildman–Crippen MR) is 91.9 cm³/mol. The van der Waals surface area contributed by atoms with Crippen LogP contribution in [0.25, 0.3) is 10.9 Å². The summed E-state index contributed by atoms with van der Waals surface area (Å²) in [6, 6.07) is 16.1. The van der Waals surface area contributed by atoms with Crippen molar-refractivity contribution < 1.29 is 9.53 Å². The van der Waals surface area contributed by atoms with E-state index in [1.165, 1.54) is 11.8 Å². The first-order valence-corrected chi connectivity index (χ1v) is 7.87. The average molecular weight is 326 g/mol. The van der Waals surface area contributed by atoms with E-state index in [4.69, 9.17) is 16.3 Å². The normalized spacial score (nSPS) is 10.7. The van der Waals surface area contributed by atoms with Gasteiger partial charge in [-0.15, -0.1) is 0 Å². The summed E-state index contributed by atoms with van der Waals surface area (Å²) in [6.45, 7) is 1.74. The van der Waals surface area contributed by atoms with Gasteiger partial charge in [-0.2, -0.15) is 0 Å². The Morgan fingerprint density at radius 1 is 1.13 bits per heavy atom. The predicted octanol–water partition coefficient (Wildman–Crippen LogP) is 4.79. The van der Waals surface area contributed by atoms with E-state index in [9.17, 15) is 4.79 Å². The minimum absolute atomic E-state index is 0.294. The number of pyridine rings is 1. The molecule has 0 saturated heterocycles. The second-order valence-electron chi connectivity index (χ2n) is 5.24. The van der Waals surface area contributed by atoms with Crippen LogP contribution in [-0.2, 0) is 11.2 Å². The fourth-order valence-electron chi connectivity index (χ4n) is 2.46. The highest BCUT2D eigenvalue weighted by Crippen LogP contribution is 2.33. The molecule has 0 fully saturated rings. The molecule has 0 saturated carbocycles. The van der Waals surface area contributed by atoms with Crippen molar-refractivity contribution in [2.75, 3.05) is 0 Å². The van der Waals surface area contributed by atoms with Gasteiger partial charge in [0.15, 0.2) is 5.75 Å². The van der Waals surface area contributed by atoms with Gasteiger partial charge in [0.25, 0.3) is 0 Å². The third-order valence-electron chi connectivity index (χ3n) is 3.63. The molecule has 3 nitrogen and oxygen atoms in total. The molecule has 0 bridgehead atoms. The first-order valence-electron chi connectivity index (χ1n) is 7.49. The highest BCUT2D eigenvalue weighted by molar-refractivity contribution is 6.37. The molecule has 0 unspecified atom stereocenters. The van der Waals surface area contributed by atoms with E-state index in [0.717, 1.165) is 22.9 Å². The van der Waals surface area contributed by atoms with E-state index in [2.05, 4.69) is 17.1 Å². The standard InChI is InChI=1S/C19H16ClNO2/c1-2-17(22)23-16-12-21-19-14(9-6-10-15(19)18(16)20)11-13-7-4-3-5-8-13/h3-10,12H,2,11H2,1H3. The smallest absolute Gasteiger partial charge is 0.311 e. The number of halogens is 1. The van der Waals surface area contributed by atoms with E-state index >= 15 is 0 Å². The molecule has 3 rings (SSSR count). The van der Waals surface area contributed by atoms with Crippen LogP contribution in [0.4, 0.5) is 0 Å². The number of rotatable bonds is 4. The second-order valence-corrected chi connectivity index (χ2v) is 5.62. The van der Waals surface area contributed by atoms with Gasteiger partial charge in [0.2, 0.25) is 0 Å². The van der Waals surface area contributed by atoms with Crippen LogP contribution in [0.5, 0.6) is 5.75 Å². The molecule has 23 heavy (non-hydrogen) atoms. The summed E-state index contributed by atoms with van der Waals surface area (Å²) < 4.78 is 5.23. The number of aromatic nitrogens is 1. The Balaban J connectivity index is 2.02. The zero-order chi connectivity index (χ0) is 16.2. The van der Waals surface area contributed by atoms with Crippen LogP contribution in [-0.4, -0.2) is 11.0 Å². The summed E-state index contributed by atoms with van der Waals surface area (Å²) in [5.74, 6) is -0.0173. The molecule has 116 valence electrons. The Labute approximate surface area is 139 Å². The minimum Gasteiger partial charge on any atom is -0.423 e. The SMILES string of the molecule is CCC(=O)Oc1cnc2c(Cc3ccccc3)cccc2c1Cl. The molecule has 0 amide bonds. The summed E-state index contributed by atoms with van der Waals surface area (Å²) in [4.78, 5) is 15.9. The lowest BCUT2D eigenvalue weighted by Crippen LogP contribution is -2.06. The number of esters is 1. The zero-order valence-corrected chi connectivity index (χ0v) is 13.5. The Hall–Kier alpha value is -2.39. The monoisotopic (exact) mass is 325 g/mol. The summed E-state index contributed by atoms with van der Waals surface area (Å²) in [7, 11) is 0. The number of carbonyl (C=O) groups is 1. The number of fused-ring (bicyclic) bond motifs is 1. The van der Waals surface area contributed by atoms with Crippen molar-refractivity contribution in [3.05, 3.63) is 70.9 Å². The fourth-order valence-corrected chi connectivity index (χ4v) is 2.70. The molecular weight excluding hydrogens is 310 g/mol. The quantitative estimate of drug-likeness (QED) is 0.647. The molecule has 1 heterocycles. The van der Waals surface area contributed by atoms with Crippen molar-refractivity contribution in [2.45, 2.75) is 19.8 Å². The minimum atomic E-state index is -0.325. The number of hydrogen-bond donors (Lipinski definition) is 0. The van der Waals surface area contributed by atoms with Crippen molar-refractivity contribution in [3.63, 3.8) is 0 Å². The molecular formula is C19H16ClNO2. The molecule has 0 aliphatic rings. The third-order valence-corrected chi connectivity index (χ3v) is 4.02. The maximum Gasteiger partial charge on any atom is 0.311 e. The molecule has 0 atom stereocenters. The Morgan fingerprint density at radius 3 is 2.65 bits per heavy atom. The van der Waals surface area contributed by atoms with Crippen LogP contribution in [0.3, 0.4) is 0 Å². The van der Waals surface area contributed by atoms with Gasteiger partial charge < -0.3 is 4.74 Å². The molecule has 0 spiro atoms. The van der Waals surface area contributed by atoms with E-state index < -0.39 is 0 Å². The first kappa shape index (κ1) is 15.5. The van der Waals surface area contributed by atoms with Gasteiger partial charge in [-0.05, 0) is 17.5 Å². The van der Waals surface area contributed by atoms with Crippen molar-refractivity contribution >= 4 is 28.5 Å². The summed E-state index contributed by atoms with van der Waals surface area (Å²) >= 11 is 6.40. The van der Waals surface area contributed by atoms with Crippen LogP contribution in [0, 0.1) is 0 Å². The van der Waals surface area contributed by atoms with Crippen molar-refractivity contribution in [3.8, 4) is 5.75 Å². The van der Waals surface area contributed by atoms with Gasteiger partial charge >= 0.3 is 5.97 Å². The lowest BCUT2D eigenvalue weighted by Gasteiger charge is -2.10. The molecule has 3 aromatic rings. The molecule has 0 N–H and O–H groups in total. The maximum atomic E-state index is 11.5. The second kappa shape index (κ2) is 6.80. The zero-order valence-electron chi connectivity index (χ0n) is 12.8. The number of carbonyl (C=O) groups excluding carboxylic acids is 1. The van der Waals surface area contributed by atoms with Gasteiger partial charge in [0.1, 0.15) is 0 Å². The van der Waals surface area contributed by atoms with Gasteiger partial charge in [-0.25, -0.2) is 0 Å². The van der Waals surface area contributed by atoms with E-state index in [1.807, 2.05) is 36.4 Å². The van der Waals surface area contributed by atoms with Crippen molar-refractivity contribution in [1.29, 1.82) is 0 Å². The fraction of sp³-hybridized carbons (Fsp3) is 0.158. The lowest BCUT2D eigenvalue weighted by molar-refractivity contribution is -0.134. The molecule has 0 radical (unpaired) electrons. The number of para-hydroxylation sites is 1. The highest BCUT2D eigenvalue weighted by Gasteiger charge is 2.13. The third kappa shape index (κ3) is 3.35. The van der Waals surface area contributed by atoms with Crippen LogP contribution >= 0.6 is 11.6 Å². The summed E-state index contributed by atoms with van der Waals surface area (Å²) in [5, 5.41) is 1.22. The molecule has 0 aliphatic carbocycles. The van der Waals surface area contributed by atoms with E-state index in [-0.39, 0.29) is 5.97 Å². The average Bonchev–Trinajstić information content (AvgIpc) is 2.58. The largest absolute Gasteiger partial charge is 0.423 e. The van der Waals surface area contributed by atoms with Gasteiger partial charge in [-0.1, -0.05) is 67.1 Å². The van der Waals surface area contributed by atoms with Crippen LogP contribution < -0.4 is 4.74 Å². The highest BCUT2D eigenvalue weighted by atomic mass is 35.5. The molecule has 2 aromatic carbocycles. The first-order chi connectivity index (χ1) is 11.2. The number of ether oxygens (including phenoxy) is 1.